The van der Waals surface area contributed by atoms with Crippen molar-refractivity contribution >= 4 is 9.84 Å². The summed E-state index contributed by atoms with van der Waals surface area (Å²) in [5.41, 5.74) is 0. The lowest BCUT2D eigenvalue weighted by molar-refractivity contribution is 0.0688. The van der Waals surface area contributed by atoms with E-state index in [2.05, 4.69) is 5.32 Å². The Morgan fingerprint density at radius 2 is 1.89 bits per heavy atom. The van der Waals surface area contributed by atoms with Crippen molar-refractivity contribution in [1.29, 1.82) is 0 Å². The molecule has 1 unspecified atom stereocenters. The van der Waals surface area contributed by atoms with Crippen molar-refractivity contribution in [2.45, 2.75) is 32.7 Å². The zero-order valence-electron chi connectivity index (χ0n) is 11.8. The third-order valence-electron chi connectivity index (χ3n) is 2.58. The fourth-order valence-corrected chi connectivity index (χ4v) is 2.59. The van der Waals surface area contributed by atoms with Crippen LogP contribution >= 0.6 is 0 Å². The van der Waals surface area contributed by atoms with Crippen LogP contribution in [0.1, 0.15) is 26.7 Å². The van der Waals surface area contributed by atoms with Crippen LogP contribution in [0.5, 0.6) is 0 Å². The molecule has 0 spiro atoms. The van der Waals surface area contributed by atoms with Gasteiger partial charge in [0, 0.05) is 25.5 Å². The van der Waals surface area contributed by atoms with Crippen LogP contribution < -0.4 is 5.32 Å². The summed E-state index contributed by atoms with van der Waals surface area (Å²) in [5, 5.41) is 3.22. The fourth-order valence-electron chi connectivity index (χ4n) is 1.48. The minimum Gasteiger partial charge on any atom is -0.382 e. The zero-order chi connectivity index (χ0) is 13.9. The highest BCUT2D eigenvalue weighted by Gasteiger charge is 2.12. The molecule has 0 aromatic rings. The number of rotatable bonds is 12. The van der Waals surface area contributed by atoms with E-state index in [9.17, 15) is 8.42 Å². The largest absolute Gasteiger partial charge is 0.382 e. The van der Waals surface area contributed by atoms with E-state index in [0.717, 1.165) is 26.0 Å². The third-order valence-corrected chi connectivity index (χ3v) is 4.47. The van der Waals surface area contributed by atoms with Gasteiger partial charge in [-0.15, -0.1) is 0 Å². The van der Waals surface area contributed by atoms with Crippen LogP contribution in [0.25, 0.3) is 0 Å². The summed E-state index contributed by atoms with van der Waals surface area (Å²) in [6, 6.07) is 0.0179. The van der Waals surface area contributed by atoms with Gasteiger partial charge in [-0.3, -0.25) is 0 Å². The molecular formula is C12H27NO4S. The lowest BCUT2D eigenvalue weighted by atomic mass is 10.3. The Morgan fingerprint density at radius 3 is 2.50 bits per heavy atom. The van der Waals surface area contributed by atoms with Crippen LogP contribution in [0.4, 0.5) is 0 Å². The second kappa shape index (κ2) is 10.7. The van der Waals surface area contributed by atoms with Gasteiger partial charge in [-0.1, -0.05) is 6.92 Å². The molecule has 110 valence electrons. The number of ether oxygens (including phenoxy) is 2. The first-order chi connectivity index (χ1) is 8.52. The quantitative estimate of drug-likeness (QED) is 0.537. The molecule has 0 saturated heterocycles. The van der Waals surface area contributed by atoms with Crippen molar-refractivity contribution in [3.05, 3.63) is 0 Å². The van der Waals surface area contributed by atoms with E-state index < -0.39 is 9.84 Å². The van der Waals surface area contributed by atoms with Gasteiger partial charge in [0.2, 0.25) is 0 Å². The molecule has 0 aliphatic rings. The van der Waals surface area contributed by atoms with Gasteiger partial charge >= 0.3 is 0 Å². The van der Waals surface area contributed by atoms with Crippen molar-refractivity contribution in [2.24, 2.45) is 0 Å². The van der Waals surface area contributed by atoms with E-state index in [0.29, 0.717) is 13.2 Å². The summed E-state index contributed by atoms with van der Waals surface area (Å²) in [7, 11) is -1.23. The Hall–Kier alpha value is -0.170. The molecule has 0 amide bonds. The lowest BCUT2D eigenvalue weighted by Crippen LogP contribution is -2.34. The van der Waals surface area contributed by atoms with Crippen LogP contribution in [-0.4, -0.2) is 59.4 Å². The van der Waals surface area contributed by atoms with Crippen molar-refractivity contribution in [2.75, 3.05) is 45.0 Å². The molecule has 1 N–H and O–H groups in total. The molecule has 5 nitrogen and oxygen atoms in total. The van der Waals surface area contributed by atoms with Crippen molar-refractivity contribution in [3.63, 3.8) is 0 Å². The predicted molar refractivity (Wildman–Crippen MR) is 73.7 cm³/mol. The molecule has 0 aromatic carbocycles. The number of nitrogens with one attached hydrogen (secondary N) is 1. The average Bonchev–Trinajstić information content (AvgIpc) is 2.32. The summed E-state index contributed by atoms with van der Waals surface area (Å²) in [6.45, 7) is 6.40. The topological polar surface area (TPSA) is 64.6 Å². The molecular weight excluding hydrogens is 254 g/mol. The minimum atomic E-state index is -2.88. The van der Waals surface area contributed by atoms with Crippen LogP contribution in [0, 0.1) is 0 Å². The van der Waals surface area contributed by atoms with Crippen LogP contribution in [0.3, 0.4) is 0 Å². The van der Waals surface area contributed by atoms with Gasteiger partial charge in [-0.05, 0) is 26.3 Å². The maximum absolute atomic E-state index is 11.4. The van der Waals surface area contributed by atoms with Crippen molar-refractivity contribution in [1.82, 2.24) is 5.32 Å². The van der Waals surface area contributed by atoms with E-state index >= 15 is 0 Å². The van der Waals surface area contributed by atoms with E-state index in [1.54, 1.807) is 14.0 Å². The monoisotopic (exact) mass is 281 g/mol. The summed E-state index contributed by atoms with van der Waals surface area (Å²) in [6.07, 6.45) is 1.97. The van der Waals surface area contributed by atoms with Gasteiger partial charge in [0.25, 0.3) is 0 Å². The van der Waals surface area contributed by atoms with Gasteiger partial charge in [0.1, 0.15) is 0 Å². The Balaban J connectivity index is 3.38. The third kappa shape index (κ3) is 11.0. The molecule has 0 saturated carbocycles. The molecule has 0 bridgehead atoms. The first-order valence-electron chi connectivity index (χ1n) is 6.52. The smallest absolute Gasteiger partial charge is 0.151 e. The molecule has 0 radical (unpaired) electrons. The number of unbranched alkanes of at least 4 members (excludes halogenated alkanes) is 1. The van der Waals surface area contributed by atoms with Gasteiger partial charge in [-0.2, -0.15) is 0 Å². The standard InChI is InChI=1S/C12H27NO4S/c1-4-18(14,15)11-12(2)13-7-5-6-8-17-10-9-16-3/h12-13H,4-11H2,1-3H3. The molecule has 0 aromatic heterocycles. The highest BCUT2D eigenvalue weighted by atomic mass is 32.2. The first kappa shape index (κ1) is 17.8. The first-order valence-corrected chi connectivity index (χ1v) is 8.34. The normalized spacial score (nSPS) is 13.7. The molecule has 0 fully saturated rings. The molecule has 18 heavy (non-hydrogen) atoms. The molecule has 0 aliphatic carbocycles. The van der Waals surface area contributed by atoms with E-state index in [4.69, 9.17) is 9.47 Å². The zero-order valence-corrected chi connectivity index (χ0v) is 12.6. The highest BCUT2D eigenvalue weighted by molar-refractivity contribution is 7.91. The lowest BCUT2D eigenvalue weighted by Gasteiger charge is -2.13. The molecule has 0 aliphatic heterocycles. The van der Waals surface area contributed by atoms with Gasteiger partial charge in [-0.25, -0.2) is 8.42 Å². The van der Waals surface area contributed by atoms with Crippen LogP contribution in [0.15, 0.2) is 0 Å². The number of sulfone groups is 1. The van der Waals surface area contributed by atoms with E-state index in [1.807, 2.05) is 6.92 Å². The van der Waals surface area contributed by atoms with Crippen molar-refractivity contribution in [3.8, 4) is 0 Å². The number of hydrogen-bond acceptors (Lipinski definition) is 5. The van der Waals surface area contributed by atoms with Crippen LogP contribution in [0.2, 0.25) is 0 Å². The Kier molecular flexibility index (Phi) is 10.6. The summed E-state index contributed by atoms with van der Waals surface area (Å²) in [5.74, 6) is 0.431. The minimum absolute atomic E-state index is 0.0179. The summed E-state index contributed by atoms with van der Waals surface area (Å²) in [4.78, 5) is 0. The number of methoxy groups -OCH3 is 1. The highest BCUT2D eigenvalue weighted by Crippen LogP contribution is 1.95. The second-order valence-corrected chi connectivity index (χ2v) is 6.76. The van der Waals surface area contributed by atoms with E-state index in [-0.39, 0.29) is 17.5 Å². The average molecular weight is 281 g/mol. The maximum Gasteiger partial charge on any atom is 0.151 e. The maximum atomic E-state index is 11.4. The number of hydrogen-bond donors (Lipinski definition) is 1. The molecule has 0 heterocycles. The van der Waals surface area contributed by atoms with Gasteiger partial charge in [0.05, 0.1) is 19.0 Å². The molecule has 1 atom stereocenters. The second-order valence-electron chi connectivity index (χ2n) is 4.37. The Morgan fingerprint density at radius 1 is 1.17 bits per heavy atom. The Bertz CT molecular complexity index is 280. The molecule has 6 heteroatoms. The summed E-state index contributed by atoms with van der Waals surface area (Å²) < 4.78 is 32.9. The van der Waals surface area contributed by atoms with Gasteiger partial charge in [0.15, 0.2) is 9.84 Å². The van der Waals surface area contributed by atoms with Crippen molar-refractivity contribution < 1.29 is 17.9 Å². The fraction of sp³-hybridized carbons (Fsp3) is 1.00. The van der Waals surface area contributed by atoms with Crippen LogP contribution in [-0.2, 0) is 19.3 Å². The SMILES string of the molecule is CCS(=O)(=O)CC(C)NCCCCOCCOC. The van der Waals surface area contributed by atoms with E-state index in [1.165, 1.54) is 0 Å². The molecule has 0 rings (SSSR count). The predicted octanol–water partition coefficient (Wildman–Crippen LogP) is 0.842. The Labute approximate surface area is 111 Å². The summed E-state index contributed by atoms with van der Waals surface area (Å²) >= 11 is 0. The van der Waals surface area contributed by atoms with Gasteiger partial charge < -0.3 is 14.8 Å².